The van der Waals surface area contributed by atoms with Crippen LogP contribution in [0.5, 0.6) is 0 Å². The van der Waals surface area contributed by atoms with Crippen molar-refractivity contribution >= 4 is 17.5 Å². The highest BCUT2D eigenvalue weighted by molar-refractivity contribution is 6.02. The molecule has 2 amide bonds. The molecule has 29 heavy (non-hydrogen) atoms. The minimum atomic E-state index is -0.669. The van der Waals surface area contributed by atoms with Gasteiger partial charge in [-0.05, 0) is 32.8 Å². The molecule has 3 saturated heterocycles. The van der Waals surface area contributed by atoms with Gasteiger partial charge in [0, 0.05) is 24.4 Å². The molecule has 154 valence electrons. The summed E-state index contributed by atoms with van der Waals surface area (Å²) in [7, 11) is 0. The van der Waals surface area contributed by atoms with E-state index in [0.29, 0.717) is 48.8 Å². The third-order valence-electron chi connectivity index (χ3n) is 6.80. The molecule has 0 saturated carbocycles. The van der Waals surface area contributed by atoms with Crippen molar-refractivity contribution in [2.75, 3.05) is 13.2 Å². The van der Waals surface area contributed by atoms with Gasteiger partial charge in [-0.15, -0.1) is 0 Å². The van der Waals surface area contributed by atoms with Gasteiger partial charge >= 0.3 is 0 Å². The van der Waals surface area contributed by atoms with Crippen LogP contribution < -0.4 is 0 Å². The highest BCUT2D eigenvalue weighted by atomic mass is 16.5. The second-order valence-corrected chi connectivity index (χ2v) is 8.93. The zero-order valence-corrected chi connectivity index (χ0v) is 17.6. The van der Waals surface area contributed by atoms with Gasteiger partial charge in [-0.25, -0.2) is 9.50 Å². The third-order valence-corrected chi connectivity index (χ3v) is 6.80. The van der Waals surface area contributed by atoms with E-state index in [1.54, 1.807) is 4.52 Å². The quantitative estimate of drug-likeness (QED) is 0.773. The first kappa shape index (κ1) is 18.5. The van der Waals surface area contributed by atoms with Crippen LogP contribution in [0, 0.1) is 26.7 Å². The summed E-state index contributed by atoms with van der Waals surface area (Å²) in [5, 5.41) is 4.54. The molecule has 5 rings (SSSR count). The number of aromatic nitrogens is 3. The maximum atomic E-state index is 13.7. The molecule has 3 fully saturated rings. The largest absolute Gasteiger partial charge is 0.351 e. The van der Waals surface area contributed by atoms with Gasteiger partial charge in [0.2, 0.25) is 5.91 Å². The number of likely N-dealkylation sites (tertiary alicyclic amines) is 1. The Morgan fingerprint density at radius 3 is 2.79 bits per heavy atom. The van der Waals surface area contributed by atoms with Crippen LogP contribution in [-0.4, -0.2) is 67.2 Å². The number of hydrogen-bond donors (Lipinski definition) is 0. The van der Waals surface area contributed by atoms with Crippen LogP contribution in [-0.2, 0) is 9.53 Å². The fourth-order valence-electron chi connectivity index (χ4n) is 5.43. The smallest absolute Gasteiger partial charge is 0.260 e. The molecule has 1 spiro atoms. The molecule has 2 aromatic heterocycles. The Bertz CT molecular complexity index is 1040. The zero-order chi connectivity index (χ0) is 20.7. The van der Waals surface area contributed by atoms with E-state index in [0.717, 1.165) is 11.4 Å². The van der Waals surface area contributed by atoms with Crippen LogP contribution in [0.4, 0.5) is 0 Å². The molecular formula is C21H27N5O3. The van der Waals surface area contributed by atoms with Crippen LogP contribution >= 0.6 is 0 Å². The van der Waals surface area contributed by atoms with E-state index in [9.17, 15) is 9.59 Å². The van der Waals surface area contributed by atoms with Gasteiger partial charge in [-0.3, -0.25) is 9.59 Å². The van der Waals surface area contributed by atoms with Crippen LogP contribution in [0.15, 0.2) is 6.07 Å². The van der Waals surface area contributed by atoms with Crippen LogP contribution in [0.25, 0.3) is 5.65 Å². The Morgan fingerprint density at radius 2 is 2.07 bits per heavy atom. The Hall–Kier alpha value is -2.48. The van der Waals surface area contributed by atoms with Gasteiger partial charge in [0.05, 0.1) is 30.8 Å². The first-order valence-electron chi connectivity index (χ1n) is 10.4. The molecule has 8 heteroatoms. The number of carbonyl (C=O) groups is 2. The topological polar surface area (TPSA) is 80.0 Å². The average Bonchev–Trinajstić information content (AvgIpc) is 3.34. The number of fused-ring (bicyclic) bond motifs is 1. The summed E-state index contributed by atoms with van der Waals surface area (Å²) in [6.45, 7) is 11.1. The molecular weight excluding hydrogens is 370 g/mol. The predicted octanol–water partition coefficient (Wildman–Crippen LogP) is 1.85. The fraction of sp³-hybridized carbons (Fsp3) is 0.619. The normalized spacial score (nSPS) is 28.7. The lowest BCUT2D eigenvalue weighted by Gasteiger charge is -2.34. The standard InChI is InChI=1S/C21H27N5O3/c1-11(2)15-10-29-21-6-7-24(16(21)9-17(27)25(15)21)20(28)18-14(5)23-26-13(4)8-12(3)22-19(18)26/h8,11,15-16H,6-7,9-10H2,1-5H3/t15-,16+,21-/m0/s1. The van der Waals surface area contributed by atoms with E-state index < -0.39 is 5.72 Å². The second-order valence-electron chi connectivity index (χ2n) is 8.93. The van der Waals surface area contributed by atoms with E-state index >= 15 is 0 Å². The van der Waals surface area contributed by atoms with Crippen molar-refractivity contribution in [1.82, 2.24) is 24.4 Å². The number of rotatable bonds is 2. The Kier molecular flexibility index (Phi) is 3.84. The third kappa shape index (κ3) is 2.35. The number of nitrogens with zero attached hydrogens (tertiary/aromatic N) is 5. The Labute approximate surface area is 169 Å². The van der Waals surface area contributed by atoms with E-state index in [2.05, 4.69) is 23.9 Å². The first-order chi connectivity index (χ1) is 13.7. The van der Waals surface area contributed by atoms with Gasteiger partial charge < -0.3 is 14.5 Å². The molecule has 2 aromatic rings. The Morgan fingerprint density at radius 1 is 1.31 bits per heavy atom. The highest BCUT2D eigenvalue weighted by Gasteiger charge is 2.65. The van der Waals surface area contributed by atoms with E-state index in [1.165, 1.54) is 0 Å². The van der Waals surface area contributed by atoms with Crippen molar-refractivity contribution in [3.8, 4) is 0 Å². The molecule has 5 heterocycles. The van der Waals surface area contributed by atoms with Crippen LogP contribution in [0.1, 0.15) is 54.1 Å². The monoisotopic (exact) mass is 397 g/mol. The van der Waals surface area contributed by atoms with Crippen molar-refractivity contribution in [3.05, 3.63) is 28.7 Å². The lowest BCUT2D eigenvalue weighted by molar-refractivity contribution is -0.139. The lowest BCUT2D eigenvalue weighted by atomic mass is 10.0. The van der Waals surface area contributed by atoms with Crippen molar-refractivity contribution in [2.45, 2.75) is 65.3 Å². The van der Waals surface area contributed by atoms with Gasteiger partial charge in [0.15, 0.2) is 11.4 Å². The summed E-state index contributed by atoms with van der Waals surface area (Å²) in [6.07, 6.45) is 0.973. The number of amides is 2. The van der Waals surface area contributed by atoms with Crippen molar-refractivity contribution in [2.24, 2.45) is 5.92 Å². The molecule has 3 atom stereocenters. The van der Waals surface area contributed by atoms with E-state index in [1.807, 2.05) is 36.6 Å². The minimum absolute atomic E-state index is 0.0771. The SMILES string of the molecule is Cc1cc(C)n2nc(C)c(C(=O)N3CC[C@@]45OC[C@@H](C(C)C)N4C(=O)C[C@@H]35)c2n1. The molecule has 0 N–H and O–H groups in total. The van der Waals surface area contributed by atoms with Crippen molar-refractivity contribution < 1.29 is 14.3 Å². The molecule has 0 aromatic carbocycles. The molecule has 3 aliphatic rings. The van der Waals surface area contributed by atoms with Crippen LogP contribution in [0.3, 0.4) is 0 Å². The maximum absolute atomic E-state index is 13.7. The van der Waals surface area contributed by atoms with E-state index in [-0.39, 0.29) is 23.9 Å². The van der Waals surface area contributed by atoms with Gasteiger partial charge in [-0.1, -0.05) is 13.8 Å². The van der Waals surface area contributed by atoms with E-state index in [4.69, 9.17) is 4.74 Å². The van der Waals surface area contributed by atoms with Crippen molar-refractivity contribution in [1.29, 1.82) is 0 Å². The molecule has 0 unspecified atom stereocenters. The summed E-state index contributed by atoms with van der Waals surface area (Å²) in [5.74, 6) is 0.298. The lowest BCUT2D eigenvalue weighted by Crippen LogP contribution is -2.51. The fourth-order valence-corrected chi connectivity index (χ4v) is 5.43. The minimum Gasteiger partial charge on any atom is -0.351 e. The predicted molar refractivity (Wildman–Crippen MR) is 105 cm³/mol. The Balaban J connectivity index is 1.54. The molecule has 0 bridgehead atoms. The molecule has 3 aliphatic heterocycles. The van der Waals surface area contributed by atoms with Gasteiger partial charge in [0.25, 0.3) is 5.91 Å². The average molecular weight is 397 g/mol. The second kappa shape index (κ2) is 6.01. The van der Waals surface area contributed by atoms with Gasteiger partial charge in [0.1, 0.15) is 5.56 Å². The number of carbonyl (C=O) groups excluding carboxylic acids is 2. The number of aryl methyl sites for hydroxylation is 3. The number of ether oxygens (including phenoxy) is 1. The maximum Gasteiger partial charge on any atom is 0.260 e. The summed E-state index contributed by atoms with van der Waals surface area (Å²) in [6, 6.07) is 1.77. The number of hydrogen-bond acceptors (Lipinski definition) is 5. The summed E-state index contributed by atoms with van der Waals surface area (Å²) < 4.78 is 7.99. The molecule has 0 aliphatic carbocycles. The summed E-state index contributed by atoms with van der Waals surface area (Å²) in [5.41, 5.74) is 2.89. The molecule has 0 radical (unpaired) electrons. The highest BCUT2D eigenvalue weighted by Crippen LogP contribution is 2.49. The zero-order valence-electron chi connectivity index (χ0n) is 17.6. The van der Waals surface area contributed by atoms with Gasteiger partial charge in [-0.2, -0.15) is 5.10 Å². The summed E-state index contributed by atoms with van der Waals surface area (Å²) in [4.78, 5) is 34.9. The first-order valence-corrected chi connectivity index (χ1v) is 10.4. The summed E-state index contributed by atoms with van der Waals surface area (Å²) >= 11 is 0. The van der Waals surface area contributed by atoms with Crippen molar-refractivity contribution in [3.63, 3.8) is 0 Å². The van der Waals surface area contributed by atoms with Crippen LogP contribution in [0.2, 0.25) is 0 Å². The molecule has 8 nitrogen and oxygen atoms in total.